The number of hydrogen-bond acceptors (Lipinski definition) is 4. The predicted octanol–water partition coefficient (Wildman–Crippen LogP) is 4.85. The summed E-state index contributed by atoms with van der Waals surface area (Å²) in [5.41, 5.74) is 2.73. The van der Waals surface area contributed by atoms with E-state index in [2.05, 4.69) is 24.4 Å². The first-order valence-corrected chi connectivity index (χ1v) is 11.9. The zero-order chi connectivity index (χ0) is 23.2. The summed E-state index contributed by atoms with van der Waals surface area (Å²) < 4.78 is 1.67. The maximum Gasteiger partial charge on any atom is 0.262 e. The standard InChI is InChI=1S/C27H27N3O2S/c1-19(22-13-7-4-8-14-22)17-28-25(31)20(2)33-27-29-24-16-10-9-15-23(24)26(32)30(27)18-21-11-5-3-6-12-21/h3-16,19-20H,17-18H2,1-2H3,(H,28,31). The molecule has 5 nitrogen and oxygen atoms in total. The van der Waals surface area contributed by atoms with Crippen molar-refractivity contribution in [1.29, 1.82) is 0 Å². The van der Waals surface area contributed by atoms with E-state index >= 15 is 0 Å². The molecule has 0 radical (unpaired) electrons. The molecule has 0 fully saturated rings. The van der Waals surface area contributed by atoms with Crippen LogP contribution in [0, 0.1) is 0 Å². The zero-order valence-corrected chi connectivity index (χ0v) is 19.6. The van der Waals surface area contributed by atoms with Gasteiger partial charge in [-0.1, -0.05) is 91.5 Å². The van der Waals surface area contributed by atoms with Crippen LogP contribution in [0.4, 0.5) is 0 Å². The van der Waals surface area contributed by atoms with E-state index in [4.69, 9.17) is 4.98 Å². The Balaban J connectivity index is 1.54. The first-order valence-electron chi connectivity index (χ1n) is 11.1. The molecule has 0 aliphatic heterocycles. The van der Waals surface area contributed by atoms with Crippen molar-refractivity contribution in [2.45, 2.75) is 36.7 Å². The van der Waals surface area contributed by atoms with Gasteiger partial charge in [-0.2, -0.15) is 0 Å². The van der Waals surface area contributed by atoms with E-state index in [9.17, 15) is 9.59 Å². The van der Waals surface area contributed by atoms with Crippen molar-refractivity contribution in [2.75, 3.05) is 6.54 Å². The maximum absolute atomic E-state index is 13.3. The van der Waals surface area contributed by atoms with Crippen molar-refractivity contribution in [3.05, 3.63) is 106 Å². The molecule has 1 heterocycles. The average Bonchev–Trinajstić information content (AvgIpc) is 2.85. The van der Waals surface area contributed by atoms with Crippen molar-refractivity contribution in [3.8, 4) is 0 Å². The van der Waals surface area contributed by atoms with Crippen molar-refractivity contribution >= 4 is 28.6 Å². The van der Waals surface area contributed by atoms with Crippen LogP contribution in [0.25, 0.3) is 10.9 Å². The normalized spacial score (nSPS) is 12.9. The van der Waals surface area contributed by atoms with E-state index in [0.717, 1.165) is 5.56 Å². The van der Waals surface area contributed by atoms with Crippen molar-refractivity contribution < 1.29 is 4.79 Å². The van der Waals surface area contributed by atoms with Gasteiger partial charge in [-0.3, -0.25) is 14.2 Å². The Bertz CT molecular complexity index is 1290. The van der Waals surface area contributed by atoms with E-state index in [1.165, 1.54) is 17.3 Å². The number of rotatable bonds is 8. The maximum atomic E-state index is 13.3. The van der Waals surface area contributed by atoms with Gasteiger partial charge in [-0.15, -0.1) is 0 Å². The summed E-state index contributed by atoms with van der Waals surface area (Å²) in [6.07, 6.45) is 0. The molecule has 6 heteroatoms. The molecule has 33 heavy (non-hydrogen) atoms. The molecule has 1 N–H and O–H groups in total. The number of carbonyl (C=O) groups excluding carboxylic acids is 1. The Morgan fingerprint density at radius 1 is 0.939 bits per heavy atom. The summed E-state index contributed by atoms with van der Waals surface area (Å²) in [6.45, 7) is 4.90. The second-order valence-electron chi connectivity index (χ2n) is 8.11. The minimum atomic E-state index is -0.400. The number of aromatic nitrogens is 2. The third kappa shape index (κ3) is 5.52. The lowest BCUT2D eigenvalue weighted by Crippen LogP contribution is -2.34. The molecule has 168 valence electrons. The van der Waals surface area contributed by atoms with Crippen LogP contribution < -0.4 is 10.9 Å². The minimum Gasteiger partial charge on any atom is -0.355 e. The molecule has 0 aliphatic rings. The third-order valence-electron chi connectivity index (χ3n) is 5.61. The highest BCUT2D eigenvalue weighted by molar-refractivity contribution is 8.00. The van der Waals surface area contributed by atoms with Crippen LogP contribution in [0.3, 0.4) is 0 Å². The highest BCUT2D eigenvalue weighted by atomic mass is 32.2. The fourth-order valence-corrected chi connectivity index (χ4v) is 4.58. The van der Waals surface area contributed by atoms with Gasteiger partial charge in [0.25, 0.3) is 5.56 Å². The summed E-state index contributed by atoms with van der Waals surface area (Å²) in [7, 11) is 0. The highest BCUT2D eigenvalue weighted by Crippen LogP contribution is 2.24. The smallest absolute Gasteiger partial charge is 0.262 e. The van der Waals surface area contributed by atoms with Gasteiger partial charge in [0.05, 0.1) is 22.7 Å². The van der Waals surface area contributed by atoms with E-state index in [1.807, 2.05) is 73.7 Å². The van der Waals surface area contributed by atoms with Crippen molar-refractivity contribution in [1.82, 2.24) is 14.9 Å². The fourth-order valence-electron chi connectivity index (χ4n) is 3.65. The van der Waals surface area contributed by atoms with Gasteiger partial charge in [-0.25, -0.2) is 4.98 Å². The number of thioether (sulfide) groups is 1. The van der Waals surface area contributed by atoms with Crippen molar-refractivity contribution in [2.24, 2.45) is 0 Å². The molecule has 0 spiro atoms. The van der Waals surface area contributed by atoms with Gasteiger partial charge in [-0.05, 0) is 36.1 Å². The summed E-state index contributed by atoms with van der Waals surface area (Å²) in [4.78, 5) is 30.9. The van der Waals surface area contributed by atoms with Gasteiger partial charge in [0.1, 0.15) is 0 Å². The molecular weight excluding hydrogens is 430 g/mol. The van der Waals surface area contributed by atoms with Crippen LogP contribution in [-0.4, -0.2) is 27.3 Å². The number of benzene rings is 3. The largest absolute Gasteiger partial charge is 0.355 e. The molecule has 4 aromatic rings. The molecule has 1 aromatic heterocycles. The van der Waals surface area contributed by atoms with Crippen molar-refractivity contribution in [3.63, 3.8) is 0 Å². The monoisotopic (exact) mass is 457 g/mol. The second kappa shape index (κ2) is 10.5. The molecule has 3 aromatic carbocycles. The zero-order valence-electron chi connectivity index (χ0n) is 18.8. The molecule has 2 unspecified atom stereocenters. The summed E-state index contributed by atoms with van der Waals surface area (Å²) in [6, 6.07) is 27.3. The number of nitrogens with one attached hydrogen (secondary N) is 1. The quantitative estimate of drug-likeness (QED) is 0.304. The number of fused-ring (bicyclic) bond motifs is 1. The van der Waals surface area contributed by atoms with Crippen LogP contribution in [0.15, 0.2) is 94.9 Å². The number of para-hydroxylation sites is 1. The number of hydrogen-bond donors (Lipinski definition) is 1. The van der Waals surface area contributed by atoms with E-state index in [-0.39, 0.29) is 17.4 Å². The summed E-state index contributed by atoms with van der Waals surface area (Å²) in [5, 5.41) is 3.77. The Labute approximate surface area is 197 Å². The van der Waals surface area contributed by atoms with Gasteiger partial charge in [0, 0.05) is 6.54 Å². The van der Waals surface area contributed by atoms with E-state index in [1.54, 1.807) is 10.6 Å². The Kier molecular flexibility index (Phi) is 7.25. The minimum absolute atomic E-state index is 0.0727. The van der Waals surface area contributed by atoms with Crippen LogP contribution >= 0.6 is 11.8 Å². The Morgan fingerprint density at radius 3 is 2.30 bits per heavy atom. The Hall–Kier alpha value is -3.38. The van der Waals surface area contributed by atoms with Gasteiger partial charge in [0.2, 0.25) is 5.91 Å². The third-order valence-corrected chi connectivity index (χ3v) is 6.70. The number of amides is 1. The van der Waals surface area contributed by atoms with Crippen LogP contribution in [0.1, 0.15) is 30.9 Å². The lowest BCUT2D eigenvalue weighted by atomic mass is 10.0. The van der Waals surface area contributed by atoms with Gasteiger partial charge in [0.15, 0.2) is 5.16 Å². The topological polar surface area (TPSA) is 64.0 Å². The van der Waals surface area contributed by atoms with Crippen LogP contribution in [0.5, 0.6) is 0 Å². The molecule has 4 rings (SSSR count). The second-order valence-corrected chi connectivity index (χ2v) is 9.41. The van der Waals surface area contributed by atoms with Crippen LogP contribution in [0.2, 0.25) is 0 Å². The molecule has 1 amide bonds. The summed E-state index contributed by atoms with van der Waals surface area (Å²) in [5.74, 6) is 0.138. The SMILES string of the molecule is CC(Sc1nc2ccccc2c(=O)n1Cc1ccccc1)C(=O)NCC(C)c1ccccc1. The number of nitrogens with zero attached hydrogens (tertiary/aromatic N) is 2. The number of carbonyl (C=O) groups is 1. The molecular formula is C27H27N3O2S. The lowest BCUT2D eigenvalue weighted by Gasteiger charge is -2.18. The molecule has 0 saturated carbocycles. The average molecular weight is 458 g/mol. The highest BCUT2D eigenvalue weighted by Gasteiger charge is 2.20. The van der Waals surface area contributed by atoms with E-state index in [0.29, 0.717) is 29.1 Å². The van der Waals surface area contributed by atoms with Gasteiger partial charge >= 0.3 is 0 Å². The lowest BCUT2D eigenvalue weighted by molar-refractivity contribution is -0.120. The fraction of sp³-hybridized carbons (Fsp3) is 0.222. The molecule has 0 bridgehead atoms. The van der Waals surface area contributed by atoms with Crippen LogP contribution in [-0.2, 0) is 11.3 Å². The molecule has 0 aliphatic carbocycles. The summed E-state index contributed by atoms with van der Waals surface area (Å²) >= 11 is 1.31. The first kappa shape index (κ1) is 22.8. The predicted molar refractivity (Wildman–Crippen MR) is 135 cm³/mol. The Morgan fingerprint density at radius 2 is 1.58 bits per heavy atom. The van der Waals surface area contributed by atoms with E-state index < -0.39 is 5.25 Å². The van der Waals surface area contributed by atoms with Gasteiger partial charge < -0.3 is 5.32 Å². The first-order chi connectivity index (χ1) is 16.0. The molecule has 2 atom stereocenters. The molecule has 0 saturated heterocycles.